The highest BCUT2D eigenvalue weighted by Crippen LogP contribution is 2.54. The molecule has 5 heterocycles. The molecule has 3 aliphatic rings. The Hall–Kier alpha value is -2.98. The van der Waals surface area contributed by atoms with Crippen LogP contribution in [0.4, 0.5) is 0 Å². The van der Waals surface area contributed by atoms with Gasteiger partial charge in [0.05, 0.1) is 24.5 Å². The zero-order valence-electron chi connectivity index (χ0n) is 18.2. The van der Waals surface area contributed by atoms with Crippen LogP contribution in [-0.2, 0) is 16.1 Å². The van der Waals surface area contributed by atoms with E-state index in [2.05, 4.69) is 20.4 Å². The molecular formula is C22H28N4O6. The van der Waals surface area contributed by atoms with Gasteiger partial charge in [0, 0.05) is 61.9 Å². The molecule has 0 unspecified atom stereocenters. The van der Waals surface area contributed by atoms with Crippen LogP contribution in [0.3, 0.4) is 0 Å². The van der Waals surface area contributed by atoms with Crippen LogP contribution in [0.1, 0.15) is 34.7 Å². The van der Waals surface area contributed by atoms with Crippen molar-refractivity contribution >= 4 is 12.4 Å². The first kappa shape index (κ1) is 22.2. The van der Waals surface area contributed by atoms with Gasteiger partial charge >= 0.3 is 0 Å². The maximum atomic E-state index is 12.6. The van der Waals surface area contributed by atoms with E-state index in [0.29, 0.717) is 29.8 Å². The number of methoxy groups -OCH3 is 1. The lowest BCUT2D eigenvalue weighted by Gasteiger charge is -2.29. The summed E-state index contributed by atoms with van der Waals surface area (Å²) in [6.45, 7) is 4.95. The average Bonchev–Trinajstić information content (AvgIpc) is 3.53. The highest BCUT2D eigenvalue weighted by molar-refractivity contribution is 5.94. The van der Waals surface area contributed by atoms with E-state index in [9.17, 15) is 4.79 Å². The van der Waals surface area contributed by atoms with Crippen LogP contribution in [-0.4, -0.2) is 71.0 Å². The number of rotatable bonds is 6. The van der Waals surface area contributed by atoms with Crippen LogP contribution < -0.4 is 10.1 Å². The Labute approximate surface area is 185 Å². The van der Waals surface area contributed by atoms with E-state index in [1.807, 2.05) is 13.0 Å². The van der Waals surface area contributed by atoms with Crippen molar-refractivity contribution in [3.8, 4) is 5.88 Å². The Bertz CT molecular complexity index is 965. The number of carbonyl (C=O) groups is 2. The number of nitrogens with zero attached hydrogens (tertiary/aromatic N) is 3. The molecule has 3 fully saturated rings. The normalized spacial score (nSPS) is 28.0. The lowest BCUT2D eigenvalue weighted by atomic mass is 9.73. The number of aromatic nitrogens is 2. The number of fused-ring (bicyclic) bond motifs is 1. The van der Waals surface area contributed by atoms with Crippen molar-refractivity contribution < 1.29 is 28.7 Å². The molecule has 0 aliphatic carbocycles. The second kappa shape index (κ2) is 9.25. The molecule has 2 aromatic heterocycles. The van der Waals surface area contributed by atoms with Crippen LogP contribution in [0.5, 0.6) is 5.88 Å². The van der Waals surface area contributed by atoms with Gasteiger partial charge in [-0.1, -0.05) is 5.16 Å². The molecule has 4 atom stereocenters. The number of nitrogens with one attached hydrogen (secondary N) is 1. The third kappa shape index (κ3) is 4.33. The minimum absolute atomic E-state index is 0.0707. The molecule has 172 valence electrons. The number of carbonyl (C=O) groups excluding carboxylic acids is 1. The summed E-state index contributed by atoms with van der Waals surface area (Å²) in [5.41, 5.74) is 1.45. The van der Waals surface area contributed by atoms with E-state index in [1.165, 1.54) is 0 Å². The molecule has 0 aromatic carbocycles. The highest BCUT2D eigenvalue weighted by atomic mass is 16.5. The highest BCUT2D eigenvalue weighted by Gasteiger charge is 2.62. The Morgan fingerprint density at radius 2 is 2.28 bits per heavy atom. The lowest BCUT2D eigenvalue weighted by Crippen LogP contribution is -2.41. The first-order valence-electron chi connectivity index (χ1n) is 10.7. The summed E-state index contributed by atoms with van der Waals surface area (Å²) in [6.07, 6.45) is 3.99. The summed E-state index contributed by atoms with van der Waals surface area (Å²) in [4.78, 5) is 27.4. The number of carboxylic acid groups (broad SMARTS) is 1. The molecule has 1 spiro atoms. The molecule has 0 saturated carbocycles. The molecule has 2 aromatic rings. The molecule has 3 aliphatic heterocycles. The van der Waals surface area contributed by atoms with Gasteiger partial charge in [-0.3, -0.25) is 14.5 Å². The Morgan fingerprint density at radius 1 is 1.47 bits per heavy atom. The van der Waals surface area contributed by atoms with Crippen LogP contribution in [0, 0.1) is 18.8 Å². The number of aryl methyl sites for hydroxylation is 1. The van der Waals surface area contributed by atoms with Gasteiger partial charge in [-0.15, -0.1) is 0 Å². The fourth-order valence-electron chi connectivity index (χ4n) is 5.38. The maximum absolute atomic E-state index is 12.6. The first-order valence-corrected chi connectivity index (χ1v) is 10.7. The predicted molar refractivity (Wildman–Crippen MR) is 112 cm³/mol. The lowest BCUT2D eigenvalue weighted by molar-refractivity contribution is -0.122. The topological polar surface area (TPSA) is 127 Å². The van der Waals surface area contributed by atoms with Gasteiger partial charge in [0.25, 0.3) is 12.4 Å². The fourth-order valence-corrected chi connectivity index (χ4v) is 5.38. The summed E-state index contributed by atoms with van der Waals surface area (Å²) in [5.74, 6) is 1.94. The number of hydrogen-bond donors (Lipinski definition) is 2. The smallest absolute Gasteiger partial charge is 0.290 e. The molecule has 10 heteroatoms. The zero-order chi connectivity index (χ0) is 22.7. The van der Waals surface area contributed by atoms with Gasteiger partial charge in [0.1, 0.15) is 5.76 Å². The largest absolute Gasteiger partial charge is 0.483 e. The van der Waals surface area contributed by atoms with Gasteiger partial charge in [-0.2, -0.15) is 0 Å². The third-order valence-corrected chi connectivity index (χ3v) is 6.62. The summed E-state index contributed by atoms with van der Waals surface area (Å²) in [5, 5.41) is 14.1. The molecule has 0 radical (unpaired) electrons. The van der Waals surface area contributed by atoms with Crippen molar-refractivity contribution in [3.63, 3.8) is 0 Å². The van der Waals surface area contributed by atoms with E-state index in [1.54, 1.807) is 25.4 Å². The van der Waals surface area contributed by atoms with Crippen molar-refractivity contribution in [1.82, 2.24) is 20.4 Å². The first-order chi connectivity index (χ1) is 15.5. The summed E-state index contributed by atoms with van der Waals surface area (Å²) in [6, 6.07) is 5.35. The van der Waals surface area contributed by atoms with Crippen molar-refractivity contribution in [3.05, 3.63) is 41.4 Å². The van der Waals surface area contributed by atoms with Crippen molar-refractivity contribution in [2.45, 2.75) is 38.0 Å². The number of ether oxygens (including phenoxy) is 2. The Balaban J connectivity index is 0.000000775. The Morgan fingerprint density at radius 3 is 3.00 bits per heavy atom. The minimum Gasteiger partial charge on any atom is -0.483 e. The molecule has 32 heavy (non-hydrogen) atoms. The molecule has 3 saturated heterocycles. The number of hydrogen-bond acceptors (Lipinski definition) is 8. The van der Waals surface area contributed by atoms with Gasteiger partial charge in [0.2, 0.25) is 5.88 Å². The average molecular weight is 444 g/mol. The fraction of sp³-hybridized carbons (Fsp3) is 0.545. The predicted octanol–water partition coefficient (Wildman–Crippen LogP) is 1.50. The molecule has 5 rings (SSSR count). The van der Waals surface area contributed by atoms with Crippen LogP contribution in [0.15, 0.2) is 28.9 Å². The van der Waals surface area contributed by atoms with E-state index < -0.39 is 0 Å². The van der Waals surface area contributed by atoms with Crippen LogP contribution in [0.2, 0.25) is 0 Å². The zero-order valence-corrected chi connectivity index (χ0v) is 18.2. The van der Waals surface area contributed by atoms with Crippen molar-refractivity contribution in [1.29, 1.82) is 0 Å². The Kier molecular flexibility index (Phi) is 6.43. The maximum Gasteiger partial charge on any atom is 0.290 e. The molecular weight excluding hydrogens is 416 g/mol. The number of amides is 1. The standard InChI is InChI=1S/C21H26N4O4.CH2O2/c1-13-7-15(24-29-13)10-25-11-17-16(18-3-5-21(17,12-25)28-18)9-23-20(26)14-4-6-22-19(8-14)27-2;2-1-3/h4,6-8,16-18H,3,5,9-12H2,1-2H3,(H,23,26);1H,(H,2,3)/t16-,17+,18+,21+;/m0./s1. The van der Waals surface area contributed by atoms with Gasteiger partial charge < -0.3 is 24.4 Å². The monoisotopic (exact) mass is 444 g/mol. The molecule has 1 amide bonds. The van der Waals surface area contributed by atoms with E-state index in [0.717, 1.165) is 43.9 Å². The quantitative estimate of drug-likeness (QED) is 0.637. The molecule has 10 nitrogen and oxygen atoms in total. The van der Waals surface area contributed by atoms with Crippen molar-refractivity contribution in [2.75, 3.05) is 26.7 Å². The minimum atomic E-state index is -0.250. The number of pyridine rings is 1. The van der Waals surface area contributed by atoms with Crippen LogP contribution >= 0.6 is 0 Å². The second-order valence-corrected chi connectivity index (χ2v) is 8.53. The summed E-state index contributed by atoms with van der Waals surface area (Å²) >= 11 is 0. The van der Waals surface area contributed by atoms with Crippen LogP contribution in [0.25, 0.3) is 0 Å². The van der Waals surface area contributed by atoms with E-state index >= 15 is 0 Å². The SMILES string of the molecule is COc1cc(C(=O)NC[C@H]2[C@H]3CN(Cc4cc(C)on4)C[C@]34CC[C@H]2O4)ccn1.O=CO. The molecule has 2 N–H and O–H groups in total. The molecule has 2 bridgehead atoms. The third-order valence-electron chi connectivity index (χ3n) is 6.62. The van der Waals surface area contributed by atoms with E-state index in [4.69, 9.17) is 23.9 Å². The van der Waals surface area contributed by atoms with Crippen molar-refractivity contribution in [2.24, 2.45) is 11.8 Å². The van der Waals surface area contributed by atoms with Gasteiger partial charge in [-0.05, 0) is 25.8 Å². The second-order valence-electron chi connectivity index (χ2n) is 8.53. The van der Waals surface area contributed by atoms with Gasteiger partial charge in [-0.25, -0.2) is 4.98 Å². The summed E-state index contributed by atoms with van der Waals surface area (Å²) < 4.78 is 16.8. The summed E-state index contributed by atoms with van der Waals surface area (Å²) in [7, 11) is 1.54. The van der Waals surface area contributed by atoms with E-state index in [-0.39, 0.29) is 24.1 Å². The number of likely N-dealkylation sites (tertiary alicyclic amines) is 1. The van der Waals surface area contributed by atoms with Gasteiger partial charge in [0.15, 0.2) is 0 Å².